The lowest BCUT2D eigenvalue weighted by atomic mass is 9.49. The van der Waals surface area contributed by atoms with Gasteiger partial charge in [-0.05, 0) is 139 Å². The Morgan fingerprint density at radius 1 is 0.790 bits per heavy atom. The largest absolute Gasteiger partial charge is 0.486 e. The molecule has 0 aromatic rings. The van der Waals surface area contributed by atoms with E-state index >= 15 is 0 Å². The van der Waals surface area contributed by atoms with Gasteiger partial charge in [-0.3, -0.25) is 14.4 Å². The van der Waals surface area contributed by atoms with E-state index in [0.29, 0.717) is 31.6 Å². The highest BCUT2D eigenvalue weighted by Gasteiger charge is 2.71. The zero-order valence-electron chi connectivity index (χ0n) is 39.4. The SMILES string of the molecule is CCCCCCCCOC(CCCCCN(CCCCO)CCCCCC(=O)OCC(=O)C1(O)CCC2C3CCC4=CC(=O)CCC45OC(=CC21C)C35)OCCCCCCCC. The van der Waals surface area contributed by atoms with Crippen LogP contribution in [-0.4, -0.2) is 96.2 Å². The summed E-state index contributed by atoms with van der Waals surface area (Å²) in [5.74, 6) is 0.887. The summed E-state index contributed by atoms with van der Waals surface area (Å²) in [6.07, 6.45) is 31.7. The monoisotopic (exact) mass is 870 g/mol. The number of nitrogens with zero attached hydrogens (tertiary/aromatic N) is 1. The van der Waals surface area contributed by atoms with Gasteiger partial charge in [-0.25, -0.2) is 0 Å². The molecule has 0 bridgehead atoms. The fourth-order valence-corrected chi connectivity index (χ4v) is 11.7. The first-order chi connectivity index (χ1) is 30.1. The summed E-state index contributed by atoms with van der Waals surface area (Å²) in [7, 11) is 0. The maximum absolute atomic E-state index is 13.7. The fourth-order valence-electron chi connectivity index (χ4n) is 11.7. The number of hydrogen-bond donors (Lipinski definition) is 2. The summed E-state index contributed by atoms with van der Waals surface area (Å²) in [5.41, 5.74) is -1.64. The van der Waals surface area contributed by atoms with Gasteiger partial charge in [-0.1, -0.05) is 97.8 Å². The molecule has 0 aromatic carbocycles. The number of hydrogen-bond acceptors (Lipinski definition) is 10. The van der Waals surface area contributed by atoms with E-state index in [4.69, 9.17) is 18.9 Å². The van der Waals surface area contributed by atoms with E-state index in [-0.39, 0.29) is 42.5 Å². The van der Waals surface area contributed by atoms with Gasteiger partial charge < -0.3 is 34.1 Å². The van der Waals surface area contributed by atoms with Gasteiger partial charge in [0.05, 0.1) is 5.92 Å². The molecule has 1 aliphatic heterocycles. The van der Waals surface area contributed by atoms with Crippen LogP contribution in [0.25, 0.3) is 0 Å². The predicted octanol–water partition coefficient (Wildman–Crippen LogP) is 10.5. The number of allylic oxidation sites excluding steroid dienone is 1. The first-order valence-electron chi connectivity index (χ1n) is 25.7. The summed E-state index contributed by atoms with van der Waals surface area (Å²) in [6.45, 7) is 10.8. The number of rotatable bonds is 35. The van der Waals surface area contributed by atoms with E-state index < -0.39 is 29.4 Å². The lowest BCUT2D eigenvalue weighted by Gasteiger charge is -2.64. The van der Waals surface area contributed by atoms with Crippen LogP contribution in [0.5, 0.6) is 0 Å². The normalized spacial score (nSPS) is 27.3. The van der Waals surface area contributed by atoms with Crippen LogP contribution >= 0.6 is 0 Å². The molecule has 62 heavy (non-hydrogen) atoms. The van der Waals surface area contributed by atoms with Gasteiger partial charge in [-0.2, -0.15) is 0 Å². The average molecular weight is 870 g/mol. The molecule has 6 atom stereocenters. The molecule has 1 saturated heterocycles. The third kappa shape index (κ3) is 13.5. The molecule has 10 heteroatoms. The summed E-state index contributed by atoms with van der Waals surface area (Å²) < 4.78 is 24.5. The Morgan fingerprint density at radius 2 is 1.40 bits per heavy atom. The van der Waals surface area contributed by atoms with Crippen molar-refractivity contribution in [2.45, 2.75) is 218 Å². The van der Waals surface area contributed by atoms with E-state index in [9.17, 15) is 24.6 Å². The number of fused-ring (bicyclic) bond motifs is 2. The highest BCUT2D eigenvalue weighted by atomic mass is 16.7. The number of carbonyl (C=O) groups excluding carboxylic acids is 3. The Balaban J connectivity index is 0.973. The van der Waals surface area contributed by atoms with Crippen LogP contribution in [-0.2, 0) is 33.3 Å². The zero-order valence-corrected chi connectivity index (χ0v) is 39.4. The van der Waals surface area contributed by atoms with E-state index in [1.165, 1.54) is 64.2 Å². The second-order valence-electron chi connectivity index (χ2n) is 19.9. The first-order valence-corrected chi connectivity index (χ1v) is 25.7. The molecule has 354 valence electrons. The standard InChI is InChI=1S/C52H87NO9/c1-4-6-8-10-12-22-36-59-48(60-37-23-13-11-9-7-5-2)25-17-15-19-33-53(34-20-21-35-54)32-18-14-16-24-47(57)61-40-46(56)52(58)31-29-44-43-27-26-41-38-42(55)28-30-51(41)49(43)45(62-51)39-50(44,52)3/h38-39,43-44,48-49,54,58H,4-37,40H2,1-3H3. The Morgan fingerprint density at radius 3 is 2.06 bits per heavy atom. The van der Waals surface area contributed by atoms with Gasteiger partial charge in [0.25, 0.3) is 0 Å². The molecule has 6 unspecified atom stereocenters. The second kappa shape index (κ2) is 26.1. The van der Waals surface area contributed by atoms with Gasteiger partial charge in [0.2, 0.25) is 5.78 Å². The topological polar surface area (TPSA) is 132 Å². The van der Waals surface area contributed by atoms with Crippen LogP contribution in [0.3, 0.4) is 0 Å². The summed E-state index contributed by atoms with van der Waals surface area (Å²) in [4.78, 5) is 41.2. The quantitative estimate of drug-likeness (QED) is 0.0360. The van der Waals surface area contributed by atoms with E-state index in [1.807, 2.05) is 19.1 Å². The number of Topliss-reactive ketones (excluding diaryl/α,β-unsaturated/α-hetero) is 1. The molecule has 5 aliphatic rings. The Hall–Kier alpha value is -2.11. The van der Waals surface area contributed by atoms with Crippen molar-refractivity contribution in [2.75, 3.05) is 46.1 Å². The summed E-state index contributed by atoms with van der Waals surface area (Å²) >= 11 is 0. The molecule has 0 aromatic heterocycles. The Bertz CT molecular complexity index is 1430. The van der Waals surface area contributed by atoms with E-state index in [0.717, 1.165) is 128 Å². The maximum atomic E-state index is 13.7. The molecule has 4 aliphatic carbocycles. The highest BCUT2D eigenvalue weighted by Crippen LogP contribution is 2.70. The number of carbonyl (C=O) groups is 3. The van der Waals surface area contributed by atoms with Crippen LogP contribution < -0.4 is 0 Å². The molecule has 10 nitrogen and oxygen atoms in total. The molecular weight excluding hydrogens is 783 g/mol. The zero-order chi connectivity index (χ0) is 44.3. The minimum absolute atomic E-state index is 0.104. The lowest BCUT2D eigenvalue weighted by Crippen LogP contribution is -2.65. The molecular formula is C52H87NO9. The number of esters is 1. The van der Waals surface area contributed by atoms with Crippen molar-refractivity contribution < 1.29 is 43.5 Å². The Labute approximate surface area is 375 Å². The van der Waals surface area contributed by atoms with Gasteiger partial charge in [0, 0.05) is 38.1 Å². The summed E-state index contributed by atoms with van der Waals surface area (Å²) in [5, 5.41) is 21.4. The van der Waals surface area contributed by atoms with Crippen molar-refractivity contribution in [2.24, 2.45) is 23.2 Å². The fraction of sp³-hybridized carbons (Fsp3) is 0.865. The minimum Gasteiger partial charge on any atom is -0.486 e. The van der Waals surface area contributed by atoms with Crippen LogP contribution in [0.1, 0.15) is 201 Å². The van der Waals surface area contributed by atoms with Crippen LogP contribution in [0.15, 0.2) is 23.5 Å². The molecule has 3 fully saturated rings. The van der Waals surface area contributed by atoms with Crippen molar-refractivity contribution in [3.8, 4) is 0 Å². The third-order valence-electron chi connectivity index (χ3n) is 15.4. The highest BCUT2D eigenvalue weighted by molar-refractivity contribution is 5.93. The first kappa shape index (κ1) is 50.9. The van der Waals surface area contributed by atoms with Crippen LogP contribution in [0, 0.1) is 23.2 Å². The van der Waals surface area contributed by atoms with Crippen molar-refractivity contribution in [3.63, 3.8) is 0 Å². The molecule has 2 saturated carbocycles. The van der Waals surface area contributed by atoms with Gasteiger partial charge >= 0.3 is 5.97 Å². The minimum atomic E-state index is -1.61. The van der Waals surface area contributed by atoms with Gasteiger partial charge in [0.1, 0.15) is 17.0 Å². The average Bonchev–Trinajstić information content (AvgIpc) is 3.53. The van der Waals surface area contributed by atoms with E-state index in [1.54, 1.807) is 0 Å². The maximum Gasteiger partial charge on any atom is 0.306 e. The van der Waals surface area contributed by atoms with Crippen LogP contribution in [0.4, 0.5) is 0 Å². The number of aliphatic hydroxyl groups excluding tert-OH is 1. The van der Waals surface area contributed by atoms with Crippen molar-refractivity contribution >= 4 is 17.5 Å². The lowest BCUT2D eigenvalue weighted by molar-refractivity contribution is -0.197. The number of unbranched alkanes of at least 4 members (excludes halogenated alkanes) is 15. The molecule has 2 N–H and O–H groups in total. The van der Waals surface area contributed by atoms with Gasteiger partial charge in [0.15, 0.2) is 18.7 Å². The molecule has 1 spiro atoms. The smallest absolute Gasteiger partial charge is 0.306 e. The number of ether oxygens (including phenoxy) is 4. The predicted molar refractivity (Wildman–Crippen MR) is 244 cm³/mol. The molecule has 1 heterocycles. The third-order valence-corrected chi connectivity index (χ3v) is 15.4. The molecule has 5 rings (SSSR count). The molecule has 0 amide bonds. The number of aliphatic hydroxyl groups is 2. The molecule has 0 radical (unpaired) electrons. The Kier molecular flexibility index (Phi) is 21.5. The van der Waals surface area contributed by atoms with Crippen molar-refractivity contribution in [3.05, 3.63) is 23.5 Å². The number of ketones is 2. The van der Waals surface area contributed by atoms with Crippen molar-refractivity contribution in [1.82, 2.24) is 4.90 Å². The second-order valence-corrected chi connectivity index (χ2v) is 19.9. The van der Waals surface area contributed by atoms with Crippen LogP contribution in [0.2, 0.25) is 0 Å². The van der Waals surface area contributed by atoms with Crippen molar-refractivity contribution in [1.29, 1.82) is 0 Å². The van der Waals surface area contributed by atoms with Gasteiger partial charge in [-0.15, -0.1) is 0 Å². The summed E-state index contributed by atoms with van der Waals surface area (Å²) in [6, 6.07) is 0. The van der Waals surface area contributed by atoms with E-state index in [2.05, 4.69) is 18.7 Å².